The van der Waals surface area contributed by atoms with Crippen LogP contribution in [0.3, 0.4) is 0 Å². The Labute approximate surface area is 225 Å². The zero-order chi connectivity index (χ0) is 26.7. The number of piperidine rings is 1. The van der Waals surface area contributed by atoms with E-state index in [1.54, 1.807) is 25.3 Å². The van der Waals surface area contributed by atoms with Crippen LogP contribution < -0.4 is 4.74 Å². The van der Waals surface area contributed by atoms with Gasteiger partial charge in [-0.3, -0.25) is 0 Å². The van der Waals surface area contributed by atoms with Crippen molar-refractivity contribution in [2.75, 3.05) is 40.8 Å². The molecule has 1 saturated heterocycles. The van der Waals surface area contributed by atoms with Gasteiger partial charge in [0.05, 0.1) is 18.1 Å². The van der Waals surface area contributed by atoms with E-state index in [-0.39, 0.29) is 16.2 Å². The highest BCUT2D eigenvalue weighted by Crippen LogP contribution is 2.60. The van der Waals surface area contributed by atoms with Crippen LogP contribution in [0.4, 0.5) is 0 Å². The summed E-state index contributed by atoms with van der Waals surface area (Å²) in [6.45, 7) is 2.72. The Morgan fingerprint density at radius 1 is 1.00 bits per heavy atom. The molecule has 0 radical (unpaired) electrons. The van der Waals surface area contributed by atoms with Crippen molar-refractivity contribution >= 4 is 10.0 Å². The fourth-order valence-corrected chi connectivity index (χ4v) is 8.30. The number of methoxy groups -OCH3 is 1. The molecule has 1 N–H and O–H groups in total. The maximum atomic E-state index is 13.0. The molecule has 0 aromatic heterocycles. The second-order valence-electron chi connectivity index (χ2n) is 11.3. The van der Waals surface area contributed by atoms with E-state index < -0.39 is 16.1 Å². The first kappa shape index (κ1) is 25.6. The smallest absolute Gasteiger partial charge is 0.242 e. The van der Waals surface area contributed by atoms with Gasteiger partial charge in [0.2, 0.25) is 10.0 Å². The number of benzene rings is 3. The SMILES string of the molecule is COc1ccc(S(=O)(=O)N(C)C)c([C@H](O)C2CCN(CC34CC(c5ccccc53)c3ccccc34)CC2)c1. The van der Waals surface area contributed by atoms with Gasteiger partial charge in [-0.2, -0.15) is 0 Å². The molecular formula is C31H36N2O4S. The maximum absolute atomic E-state index is 13.0. The summed E-state index contributed by atoms with van der Waals surface area (Å²) < 4.78 is 32.6. The molecule has 200 valence electrons. The minimum atomic E-state index is -3.70. The highest BCUT2D eigenvalue weighted by molar-refractivity contribution is 7.89. The third-order valence-electron chi connectivity index (χ3n) is 9.12. The van der Waals surface area contributed by atoms with Crippen molar-refractivity contribution in [2.45, 2.75) is 41.6 Å². The van der Waals surface area contributed by atoms with Gasteiger partial charge in [0.25, 0.3) is 0 Å². The number of sulfonamides is 1. The largest absolute Gasteiger partial charge is 0.497 e. The molecule has 3 aromatic rings. The molecule has 3 aliphatic rings. The lowest BCUT2D eigenvalue weighted by Crippen LogP contribution is -2.44. The van der Waals surface area contributed by atoms with Crippen LogP contribution in [0.25, 0.3) is 0 Å². The third-order valence-corrected chi connectivity index (χ3v) is 11.0. The average molecular weight is 533 g/mol. The summed E-state index contributed by atoms with van der Waals surface area (Å²) >= 11 is 0. The number of hydrogen-bond donors (Lipinski definition) is 1. The van der Waals surface area contributed by atoms with Gasteiger partial charge < -0.3 is 14.7 Å². The van der Waals surface area contributed by atoms with Crippen molar-refractivity contribution in [3.63, 3.8) is 0 Å². The summed E-state index contributed by atoms with van der Waals surface area (Å²) in [4.78, 5) is 2.70. The van der Waals surface area contributed by atoms with Crippen LogP contribution >= 0.6 is 0 Å². The maximum Gasteiger partial charge on any atom is 0.242 e. The van der Waals surface area contributed by atoms with Crippen molar-refractivity contribution in [1.82, 2.24) is 9.21 Å². The minimum Gasteiger partial charge on any atom is -0.497 e. The predicted octanol–water partition coefficient (Wildman–Crippen LogP) is 4.53. The van der Waals surface area contributed by atoms with Gasteiger partial charge in [0, 0.05) is 37.5 Å². The highest BCUT2D eigenvalue weighted by atomic mass is 32.2. The lowest BCUT2D eigenvalue weighted by Gasteiger charge is -2.40. The number of ether oxygens (including phenoxy) is 1. The van der Waals surface area contributed by atoms with E-state index in [0.717, 1.165) is 38.9 Å². The summed E-state index contributed by atoms with van der Waals surface area (Å²) in [6.07, 6.45) is 1.87. The van der Waals surface area contributed by atoms with E-state index in [1.807, 2.05) is 0 Å². The van der Waals surface area contributed by atoms with Gasteiger partial charge in [-0.15, -0.1) is 0 Å². The number of likely N-dealkylation sites (tertiary alicyclic amines) is 1. The molecule has 1 atom stereocenters. The second kappa shape index (κ2) is 9.49. The summed E-state index contributed by atoms with van der Waals surface area (Å²) in [5, 5.41) is 11.5. The lowest BCUT2D eigenvalue weighted by molar-refractivity contribution is 0.0521. The molecule has 1 heterocycles. The van der Waals surface area contributed by atoms with Crippen LogP contribution in [0.15, 0.2) is 71.6 Å². The van der Waals surface area contributed by atoms with Crippen LogP contribution in [-0.4, -0.2) is 63.6 Å². The fraction of sp³-hybridized carbons (Fsp3) is 0.419. The molecule has 6 nitrogen and oxygen atoms in total. The van der Waals surface area contributed by atoms with Gasteiger partial charge in [-0.25, -0.2) is 12.7 Å². The molecule has 1 aliphatic heterocycles. The molecule has 0 spiro atoms. The standard InChI is InChI=1S/C31H36N2O4S/c1-32(2)38(35,36)29-13-12-22(37-3)18-25(29)30(34)21-14-16-33(17-15-21)20-31-19-26(23-8-4-6-10-27(23)31)24-9-5-7-11-28(24)31/h4-13,18,21,26,30,34H,14-17,19-20H2,1-3H3/t26?,30-,31?/m1/s1. The Bertz CT molecular complexity index is 1410. The molecule has 0 unspecified atom stereocenters. The molecule has 7 heteroatoms. The molecule has 38 heavy (non-hydrogen) atoms. The van der Waals surface area contributed by atoms with E-state index in [1.165, 1.54) is 40.7 Å². The van der Waals surface area contributed by atoms with Gasteiger partial charge >= 0.3 is 0 Å². The van der Waals surface area contributed by atoms with E-state index in [4.69, 9.17) is 4.74 Å². The molecular weight excluding hydrogens is 496 g/mol. The number of rotatable bonds is 7. The Kier molecular flexibility index (Phi) is 6.38. The predicted molar refractivity (Wildman–Crippen MR) is 148 cm³/mol. The van der Waals surface area contributed by atoms with E-state index in [0.29, 0.717) is 17.2 Å². The Hall–Kier alpha value is -2.71. The lowest BCUT2D eigenvalue weighted by atomic mass is 9.74. The van der Waals surface area contributed by atoms with Crippen molar-refractivity contribution < 1.29 is 18.3 Å². The Balaban J connectivity index is 1.23. The number of nitrogens with zero attached hydrogens (tertiary/aromatic N) is 2. The van der Waals surface area contributed by atoms with Crippen LogP contribution in [0.2, 0.25) is 0 Å². The van der Waals surface area contributed by atoms with Crippen LogP contribution in [0.5, 0.6) is 5.75 Å². The van der Waals surface area contributed by atoms with Gasteiger partial charge in [-0.05, 0) is 78.7 Å². The first-order valence-corrected chi connectivity index (χ1v) is 14.9. The monoisotopic (exact) mass is 532 g/mol. The summed E-state index contributed by atoms with van der Waals surface area (Å²) in [5.41, 5.74) is 6.34. The molecule has 0 amide bonds. The Morgan fingerprint density at radius 3 is 2.18 bits per heavy atom. The van der Waals surface area contributed by atoms with Crippen LogP contribution in [0.1, 0.15) is 59.1 Å². The first-order valence-electron chi connectivity index (χ1n) is 13.5. The number of aliphatic hydroxyl groups is 1. The highest BCUT2D eigenvalue weighted by Gasteiger charge is 2.53. The van der Waals surface area contributed by atoms with E-state index in [9.17, 15) is 13.5 Å². The van der Waals surface area contributed by atoms with Crippen molar-refractivity contribution in [3.8, 4) is 5.75 Å². The van der Waals surface area contributed by atoms with E-state index >= 15 is 0 Å². The van der Waals surface area contributed by atoms with E-state index in [2.05, 4.69) is 53.4 Å². The second-order valence-corrected chi connectivity index (χ2v) is 13.4. The zero-order valence-electron chi connectivity index (χ0n) is 22.3. The number of aliphatic hydroxyl groups excluding tert-OH is 1. The van der Waals surface area contributed by atoms with Crippen molar-refractivity contribution in [3.05, 3.63) is 94.5 Å². The quantitative estimate of drug-likeness (QED) is 0.484. The number of hydrogen-bond acceptors (Lipinski definition) is 5. The molecule has 2 aliphatic carbocycles. The van der Waals surface area contributed by atoms with Crippen LogP contribution in [-0.2, 0) is 15.4 Å². The molecule has 2 bridgehead atoms. The first-order chi connectivity index (χ1) is 18.3. The van der Waals surface area contributed by atoms with Gasteiger partial charge in [-0.1, -0.05) is 48.5 Å². The Morgan fingerprint density at radius 2 is 1.61 bits per heavy atom. The normalized spacial score (nSPS) is 23.9. The van der Waals surface area contributed by atoms with Crippen molar-refractivity contribution in [1.29, 1.82) is 0 Å². The molecule has 1 fully saturated rings. The van der Waals surface area contributed by atoms with Gasteiger partial charge in [0.1, 0.15) is 5.75 Å². The summed E-state index contributed by atoms with van der Waals surface area (Å²) in [5.74, 6) is 1.00. The zero-order valence-corrected chi connectivity index (χ0v) is 23.1. The molecule has 3 aromatic carbocycles. The average Bonchev–Trinajstić information content (AvgIpc) is 3.45. The van der Waals surface area contributed by atoms with Crippen LogP contribution in [0, 0.1) is 5.92 Å². The molecule has 6 rings (SSSR count). The van der Waals surface area contributed by atoms with Crippen molar-refractivity contribution in [2.24, 2.45) is 5.92 Å². The topological polar surface area (TPSA) is 70.1 Å². The fourth-order valence-electron chi connectivity index (χ4n) is 7.19. The summed E-state index contributed by atoms with van der Waals surface area (Å²) in [7, 11) is 0.882. The van der Waals surface area contributed by atoms with Gasteiger partial charge in [0.15, 0.2) is 0 Å². The minimum absolute atomic E-state index is 0.0169. The molecule has 0 saturated carbocycles. The summed E-state index contributed by atoms with van der Waals surface area (Å²) in [6, 6.07) is 22.7. The third kappa shape index (κ3) is 3.90. The number of fused-ring (bicyclic) bond motifs is 8.